The first-order valence-corrected chi connectivity index (χ1v) is 7.01. The van der Waals surface area contributed by atoms with Gasteiger partial charge in [-0.15, -0.1) is 0 Å². The summed E-state index contributed by atoms with van der Waals surface area (Å²) in [7, 11) is 1.71. The summed E-state index contributed by atoms with van der Waals surface area (Å²) < 4.78 is 5.20. The van der Waals surface area contributed by atoms with Crippen LogP contribution in [0.3, 0.4) is 0 Å². The van der Waals surface area contributed by atoms with E-state index >= 15 is 0 Å². The summed E-state index contributed by atoms with van der Waals surface area (Å²) in [6, 6.07) is 14.4. The lowest BCUT2D eigenvalue weighted by molar-refractivity contribution is -0.104. The fourth-order valence-corrected chi connectivity index (χ4v) is 1.96. The Balaban J connectivity index is 0.000000541. The van der Waals surface area contributed by atoms with E-state index in [0.717, 1.165) is 11.1 Å². The second-order valence-electron chi connectivity index (χ2n) is 4.80. The van der Waals surface area contributed by atoms with Crippen LogP contribution in [-0.2, 0) is 22.7 Å². The summed E-state index contributed by atoms with van der Waals surface area (Å²) in [4.78, 5) is 9.06. The lowest BCUT2D eigenvalue weighted by Gasteiger charge is -2.09. The highest BCUT2D eigenvalue weighted by atomic mass is 16.5. The van der Waals surface area contributed by atoms with Crippen LogP contribution in [0.4, 0.5) is 0 Å². The van der Waals surface area contributed by atoms with Gasteiger partial charge in [0.05, 0.1) is 13.2 Å². The Kier molecular flexibility index (Phi) is 7.83. The van der Waals surface area contributed by atoms with E-state index in [-0.39, 0.29) is 6.61 Å². The number of carbonyl (C=O) groups excluding carboxylic acids is 1. The predicted molar refractivity (Wildman–Crippen MR) is 89.5 cm³/mol. The number of aldehydes is 1. The van der Waals surface area contributed by atoms with Crippen molar-refractivity contribution in [1.29, 1.82) is 0 Å². The molecular weight excluding hydrogens is 276 g/mol. The first-order chi connectivity index (χ1) is 10.7. The molecule has 0 unspecified atom stereocenters. The minimum absolute atomic E-state index is 0.0864. The number of aliphatic hydroxyl groups excluding tert-OH is 1. The molecule has 0 aliphatic heterocycles. The average Bonchev–Trinajstić information content (AvgIpc) is 2.57. The van der Waals surface area contributed by atoms with Crippen molar-refractivity contribution < 1.29 is 14.6 Å². The Morgan fingerprint density at radius 2 is 1.73 bits per heavy atom. The van der Waals surface area contributed by atoms with Crippen LogP contribution in [0.15, 0.2) is 55.1 Å². The zero-order chi connectivity index (χ0) is 16.4. The second-order valence-corrected chi connectivity index (χ2v) is 4.80. The molecule has 0 saturated heterocycles. The maximum absolute atomic E-state index is 9.06. The lowest BCUT2D eigenvalue weighted by atomic mass is 9.99. The van der Waals surface area contributed by atoms with Gasteiger partial charge in [-0.2, -0.15) is 0 Å². The fourth-order valence-electron chi connectivity index (χ4n) is 1.96. The van der Waals surface area contributed by atoms with Gasteiger partial charge >= 0.3 is 0 Å². The molecule has 0 atom stereocenters. The second kappa shape index (κ2) is 9.66. The van der Waals surface area contributed by atoms with Gasteiger partial charge in [-0.1, -0.05) is 43.0 Å². The molecule has 0 aromatic heterocycles. The molecule has 0 saturated carbocycles. The quantitative estimate of drug-likeness (QED) is 0.676. The van der Waals surface area contributed by atoms with Crippen molar-refractivity contribution in [1.82, 2.24) is 0 Å². The SMILES string of the molecule is C=CC=O.COCc1cc(-c2ccc(CO)cc2)ccc1C. The first-order valence-electron chi connectivity index (χ1n) is 7.01. The minimum atomic E-state index is 0.0864. The highest BCUT2D eigenvalue weighted by Crippen LogP contribution is 2.23. The van der Waals surface area contributed by atoms with E-state index in [9.17, 15) is 0 Å². The number of hydrogen-bond acceptors (Lipinski definition) is 3. The minimum Gasteiger partial charge on any atom is -0.392 e. The van der Waals surface area contributed by atoms with Crippen LogP contribution in [0, 0.1) is 6.92 Å². The Labute approximate surface area is 131 Å². The fraction of sp³-hybridized carbons (Fsp3) is 0.211. The van der Waals surface area contributed by atoms with Crippen molar-refractivity contribution in [2.45, 2.75) is 20.1 Å². The van der Waals surface area contributed by atoms with Crippen LogP contribution in [0.1, 0.15) is 16.7 Å². The molecule has 2 rings (SSSR count). The van der Waals surface area contributed by atoms with E-state index in [1.165, 1.54) is 22.8 Å². The summed E-state index contributed by atoms with van der Waals surface area (Å²) in [5, 5.41) is 9.03. The maximum atomic E-state index is 9.06. The number of allylic oxidation sites excluding steroid dienone is 1. The monoisotopic (exact) mass is 298 g/mol. The zero-order valence-corrected chi connectivity index (χ0v) is 13.1. The number of benzene rings is 2. The molecule has 0 spiro atoms. The predicted octanol–water partition coefficient (Wildman–Crippen LogP) is 3.67. The van der Waals surface area contributed by atoms with E-state index in [1.54, 1.807) is 7.11 Å². The van der Waals surface area contributed by atoms with Gasteiger partial charge in [-0.05, 0) is 46.9 Å². The van der Waals surface area contributed by atoms with Gasteiger partial charge < -0.3 is 9.84 Å². The van der Waals surface area contributed by atoms with E-state index in [4.69, 9.17) is 14.6 Å². The van der Waals surface area contributed by atoms with Crippen LogP contribution in [0.25, 0.3) is 11.1 Å². The molecule has 2 aromatic carbocycles. The molecule has 22 heavy (non-hydrogen) atoms. The van der Waals surface area contributed by atoms with E-state index in [0.29, 0.717) is 12.9 Å². The number of rotatable bonds is 5. The molecule has 0 bridgehead atoms. The third kappa shape index (κ3) is 5.28. The molecule has 2 aromatic rings. The number of ether oxygens (including phenoxy) is 1. The van der Waals surface area contributed by atoms with Crippen molar-refractivity contribution >= 4 is 6.29 Å². The molecule has 0 aliphatic rings. The van der Waals surface area contributed by atoms with Crippen molar-refractivity contribution in [3.8, 4) is 11.1 Å². The topological polar surface area (TPSA) is 46.5 Å². The number of aliphatic hydroxyl groups is 1. The van der Waals surface area contributed by atoms with Crippen LogP contribution in [0.2, 0.25) is 0 Å². The standard InChI is InChI=1S/C16H18O2.C3H4O/c1-12-3-6-15(9-16(12)11-18-2)14-7-4-13(10-17)5-8-14;1-2-3-4/h3-9,17H,10-11H2,1-2H3;2-3H,1H2. The molecule has 3 heteroatoms. The van der Waals surface area contributed by atoms with E-state index in [1.807, 2.05) is 24.3 Å². The summed E-state index contributed by atoms with van der Waals surface area (Å²) >= 11 is 0. The molecule has 0 radical (unpaired) electrons. The lowest BCUT2D eigenvalue weighted by Crippen LogP contribution is -1.92. The van der Waals surface area contributed by atoms with Crippen LogP contribution in [0.5, 0.6) is 0 Å². The maximum Gasteiger partial charge on any atom is 0.142 e. The van der Waals surface area contributed by atoms with Gasteiger partial charge in [-0.3, -0.25) is 4.79 Å². The van der Waals surface area contributed by atoms with Crippen molar-refractivity contribution in [3.63, 3.8) is 0 Å². The van der Waals surface area contributed by atoms with Gasteiger partial charge in [0.25, 0.3) is 0 Å². The Morgan fingerprint density at radius 1 is 1.14 bits per heavy atom. The molecule has 0 heterocycles. The molecule has 1 N–H and O–H groups in total. The Morgan fingerprint density at radius 3 is 2.23 bits per heavy atom. The largest absolute Gasteiger partial charge is 0.392 e. The average molecular weight is 298 g/mol. The van der Waals surface area contributed by atoms with Crippen molar-refractivity contribution in [2.75, 3.05) is 7.11 Å². The van der Waals surface area contributed by atoms with Gasteiger partial charge in [0.2, 0.25) is 0 Å². The van der Waals surface area contributed by atoms with Gasteiger partial charge in [0.1, 0.15) is 6.29 Å². The summed E-state index contributed by atoms with van der Waals surface area (Å²) in [6.45, 7) is 5.92. The summed E-state index contributed by atoms with van der Waals surface area (Å²) in [5.74, 6) is 0. The number of carbonyl (C=O) groups is 1. The summed E-state index contributed by atoms with van der Waals surface area (Å²) in [6.07, 6.45) is 1.83. The highest BCUT2D eigenvalue weighted by Gasteiger charge is 2.02. The molecule has 0 fully saturated rings. The molecule has 3 nitrogen and oxygen atoms in total. The van der Waals surface area contributed by atoms with Gasteiger partial charge in [0, 0.05) is 7.11 Å². The number of aryl methyl sites for hydroxylation is 1. The molecule has 116 valence electrons. The van der Waals surface area contributed by atoms with Crippen LogP contribution < -0.4 is 0 Å². The highest BCUT2D eigenvalue weighted by molar-refractivity contribution is 5.65. The Bertz CT molecular complexity index is 595. The van der Waals surface area contributed by atoms with E-state index < -0.39 is 0 Å². The third-order valence-corrected chi connectivity index (χ3v) is 3.22. The van der Waals surface area contributed by atoms with Crippen LogP contribution >= 0.6 is 0 Å². The first kappa shape index (κ1) is 17.8. The van der Waals surface area contributed by atoms with Gasteiger partial charge in [0.15, 0.2) is 0 Å². The molecular formula is C19H22O3. The van der Waals surface area contributed by atoms with Crippen molar-refractivity contribution in [3.05, 3.63) is 71.8 Å². The normalized spacial score (nSPS) is 9.59. The third-order valence-electron chi connectivity index (χ3n) is 3.22. The van der Waals surface area contributed by atoms with Gasteiger partial charge in [-0.25, -0.2) is 0 Å². The molecule has 0 aliphatic carbocycles. The van der Waals surface area contributed by atoms with Crippen LogP contribution in [-0.4, -0.2) is 18.5 Å². The number of methoxy groups -OCH3 is 1. The smallest absolute Gasteiger partial charge is 0.142 e. The molecule has 0 amide bonds. The van der Waals surface area contributed by atoms with Crippen molar-refractivity contribution in [2.24, 2.45) is 0 Å². The summed E-state index contributed by atoms with van der Waals surface area (Å²) in [5.41, 5.74) is 5.72. The number of hydrogen-bond donors (Lipinski definition) is 1. The van der Waals surface area contributed by atoms with E-state index in [2.05, 4.69) is 31.7 Å². The zero-order valence-electron chi connectivity index (χ0n) is 13.1. The Hall–Kier alpha value is -2.23.